The van der Waals surface area contributed by atoms with Crippen LogP contribution in [0.5, 0.6) is 0 Å². The molecule has 1 N–H and O–H groups in total. The van der Waals surface area contributed by atoms with Gasteiger partial charge in [0, 0.05) is 15.9 Å². The third-order valence-electron chi connectivity index (χ3n) is 3.46. The second-order valence-electron chi connectivity index (χ2n) is 5.34. The second-order valence-corrected chi connectivity index (χ2v) is 7.45. The van der Waals surface area contributed by atoms with Crippen LogP contribution in [0.15, 0.2) is 41.8 Å². The molecule has 23 heavy (non-hydrogen) atoms. The number of amides is 1. The van der Waals surface area contributed by atoms with Crippen LogP contribution in [-0.2, 0) is 17.6 Å². The van der Waals surface area contributed by atoms with Gasteiger partial charge in [-0.15, -0.1) is 22.7 Å². The minimum absolute atomic E-state index is 0.0322. The summed E-state index contributed by atoms with van der Waals surface area (Å²) >= 11 is 3.30. The first-order chi connectivity index (χ1) is 11.1. The number of carbonyl (C=O) groups excluding carboxylic acids is 1. The van der Waals surface area contributed by atoms with Crippen LogP contribution in [-0.4, -0.2) is 10.9 Å². The van der Waals surface area contributed by atoms with Crippen molar-refractivity contribution in [2.24, 2.45) is 0 Å². The van der Waals surface area contributed by atoms with E-state index in [9.17, 15) is 4.79 Å². The molecule has 2 aromatic heterocycles. The van der Waals surface area contributed by atoms with Gasteiger partial charge in [-0.05, 0) is 37.6 Å². The van der Waals surface area contributed by atoms with Crippen LogP contribution in [0.3, 0.4) is 0 Å². The SMILES string of the molecule is CCc1ccc(-c2csc(CC(=O)Nc3ccc(C)cc3)n2)s1. The molecule has 0 saturated heterocycles. The van der Waals surface area contributed by atoms with Gasteiger partial charge in [0.15, 0.2) is 0 Å². The average Bonchev–Trinajstić information content (AvgIpc) is 3.18. The van der Waals surface area contributed by atoms with Gasteiger partial charge in [0.25, 0.3) is 0 Å². The molecule has 3 aromatic rings. The summed E-state index contributed by atoms with van der Waals surface area (Å²) < 4.78 is 0. The lowest BCUT2D eigenvalue weighted by Crippen LogP contribution is -2.14. The molecular formula is C18H18N2OS2. The standard InChI is InChI=1S/C18H18N2OS2/c1-3-14-8-9-16(23-14)15-11-22-18(20-15)10-17(21)19-13-6-4-12(2)5-7-13/h4-9,11H,3,10H2,1-2H3,(H,19,21). The van der Waals surface area contributed by atoms with Crippen molar-refractivity contribution in [3.05, 3.63) is 57.2 Å². The fourth-order valence-electron chi connectivity index (χ4n) is 2.19. The summed E-state index contributed by atoms with van der Waals surface area (Å²) in [6.07, 6.45) is 1.35. The van der Waals surface area contributed by atoms with Crippen molar-refractivity contribution in [3.8, 4) is 10.6 Å². The van der Waals surface area contributed by atoms with Gasteiger partial charge in [-0.25, -0.2) is 4.98 Å². The lowest BCUT2D eigenvalue weighted by molar-refractivity contribution is -0.115. The zero-order chi connectivity index (χ0) is 16.2. The number of hydrogen-bond acceptors (Lipinski definition) is 4. The maximum atomic E-state index is 12.1. The van der Waals surface area contributed by atoms with Crippen molar-refractivity contribution >= 4 is 34.3 Å². The van der Waals surface area contributed by atoms with E-state index in [1.165, 1.54) is 26.7 Å². The van der Waals surface area contributed by atoms with E-state index >= 15 is 0 Å². The summed E-state index contributed by atoms with van der Waals surface area (Å²) in [4.78, 5) is 19.2. The Morgan fingerprint density at radius 1 is 1.17 bits per heavy atom. The lowest BCUT2D eigenvalue weighted by Gasteiger charge is -2.04. The molecule has 0 bridgehead atoms. The molecule has 118 valence electrons. The van der Waals surface area contributed by atoms with E-state index in [0.717, 1.165) is 22.8 Å². The summed E-state index contributed by atoms with van der Waals surface area (Å²) in [5.74, 6) is -0.0322. The number of benzene rings is 1. The van der Waals surface area contributed by atoms with Gasteiger partial charge in [-0.2, -0.15) is 0 Å². The first kappa shape index (κ1) is 15.9. The van der Waals surface area contributed by atoms with E-state index in [-0.39, 0.29) is 5.91 Å². The summed E-state index contributed by atoms with van der Waals surface area (Å²) in [5, 5.41) is 5.78. The zero-order valence-electron chi connectivity index (χ0n) is 13.1. The Bertz CT molecular complexity index is 803. The van der Waals surface area contributed by atoms with Gasteiger partial charge >= 0.3 is 0 Å². The Kier molecular flexibility index (Phi) is 4.88. The molecular weight excluding hydrogens is 324 g/mol. The molecule has 0 aliphatic heterocycles. The van der Waals surface area contributed by atoms with Crippen LogP contribution in [0.25, 0.3) is 10.6 Å². The topological polar surface area (TPSA) is 42.0 Å². The molecule has 0 saturated carbocycles. The third-order valence-corrected chi connectivity index (χ3v) is 5.56. The van der Waals surface area contributed by atoms with Crippen LogP contribution < -0.4 is 5.32 Å². The molecule has 0 atom stereocenters. The molecule has 3 rings (SSSR count). The van der Waals surface area contributed by atoms with Gasteiger partial charge in [-0.3, -0.25) is 4.79 Å². The van der Waals surface area contributed by atoms with E-state index < -0.39 is 0 Å². The Hall–Kier alpha value is -1.98. The number of anilines is 1. The molecule has 0 spiro atoms. The number of aryl methyl sites for hydroxylation is 2. The summed E-state index contributed by atoms with van der Waals surface area (Å²) in [5.41, 5.74) is 2.97. The number of thiazole rings is 1. The normalized spacial score (nSPS) is 10.7. The summed E-state index contributed by atoms with van der Waals surface area (Å²) in [6.45, 7) is 4.18. The minimum Gasteiger partial charge on any atom is -0.326 e. The van der Waals surface area contributed by atoms with Crippen molar-refractivity contribution in [1.29, 1.82) is 0 Å². The van der Waals surface area contributed by atoms with E-state index in [1.54, 1.807) is 11.3 Å². The van der Waals surface area contributed by atoms with Crippen LogP contribution in [0.2, 0.25) is 0 Å². The number of nitrogens with one attached hydrogen (secondary N) is 1. The predicted octanol–water partition coefficient (Wildman–Crippen LogP) is 4.92. The van der Waals surface area contributed by atoms with Crippen LogP contribution >= 0.6 is 22.7 Å². The highest BCUT2D eigenvalue weighted by molar-refractivity contribution is 7.16. The predicted molar refractivity (Wildman–Crippen MR) is 98.3 cm³/mol. The van der Waals surface area contributed by atoms with E-state index in [1.807, 2.05) is 36.6 Å². The van der Waals surface area contributed by atoms with Gasteiger partial charge in [0.2, 0.25) is 5.91 Å². The molecule has 0 fully saturated rings. The molecule has 0 aliphatic rings. The highest BCUT2D eigenvalue weighted by Crippen LogP contribution is 2.29. The molecule has 0 unspecified atom stereocenters. The summed E-state index contributed by atoms with van der Waals surface area (Å²) in [7, 11) is 0. The first-order valence-corrected chi connectivity index (χ1v) is 9.23. The quantitative estimate of drug-likeness (QED) is 0.715. The van der Waals surface area contributed by atoms with E-state index in [2.05, 4.69) is 29.4 Å². The molecule has 2 heterocycles. The van der Waals surface area contributed by atoms with Gasteiger partial charge in [0.1, 0.15) is 5.01 Å². The van der Waals surface area contributed by atoms with Crippen LogP contribution in [0, 0.1) is 6.92 Å². The van der Waals surface area contributed by atoms with Crippen molar-refractivity contribution < 1.29 is 4.79 Å². The smallest absolute Gasteiger partial charge is 0.231 e. The fourth-order valence-corrected chi connectivity index (χ4v) is 3.97. The molecule has 5 heteroatoms. The highest BCUT2D eigenvalue weighted by atomic mass is 32.1. The average molecular weight is 342 g/mol. The molecule has 1 aromatic carbocycles. The number of rotatable bonds is 5. The Balaban J connectivity index is 1.64. The van der Waals surface area contributed by atoms with Crippen molar-refractivity contribution in [1.82, 2.24) is 4.98 Å². The van der Waals surface area contributed by atoms with Gasteiger partial charge < -0.3 is 5.32 Å². The Labute approximate surface area is 144 Å². The van der Waals surface area contributed by atoms with E-state index in [0.29, 0.717) is 6.42 Å². The number of hydrogen-bond donors (Lipinski definition) is 1. The Morgan fingerprint density at radius 2 is 1.96 bits per heavy atom. The highest BCUT2D eigenvalue weighted by Gasteiger charge is 2.11. The monoisotopic (exact) mass is 342 g/mol. The number of thiophene rings is 1. The van der Waals surface area contributed by atoms with Crippen LogP contribution in [0.4, 0.5) is 5.69 Å². The third kappa shape index (κ3) is 4.06. The number of nitrogens with zero attached hydrogens (tertiary/aromatic N) is 1. The maximum absolute atomic E-state index is 12.1. The molecule has 3 nitrogen and oxygen atoms in total. The van der Waals surface area contributed by atoms with Crippen molar-refractivity contribution in [2.75, 3.05) is 5.32 Å². The van der Waals surface area contributed by atoms with Gasteiger partial charge in [-0.1, -0.05) is 24.6 Å². The largest absolute Gasteiger partial charge is 0.326 e. The van der Waals surface area contributed by atoms with Crippen LogP contribution in [0.1, 0.15) is 22.4 Å². The van der Waals surface area contributed by atoms with Crippen molar-refractivity contribution in [2.45, 2.75) is 26.7 Å². The minimum atomic E-state index is -0.0322. The molecule has 1 amide bonds. The number of aromatic nitrogens is 1. The van der Waals surface area contributed by atoms with Gasteiger partial charge in [0.05, 0.1) is 17.0 Å². The maximum Gasteiger partial charge on any atom is 0.231 e. The second kappa shape index (κ2) is 7.06. The molecule has 0 aliphatic carbocycles. The fraction of sp³-hybridized carbons (Fsp3) is 0.222. The zero-order valence-corrected chi connectivity index (χ0v) is 14.8. The summed E-state index contributed by atoms with van der Waals surface area (Å²) in [6, 6.07) is 12.0. The lowest BCUT2D eigenvalue weighted by atomic mass is 10.2. The van der Waals surface area contributed by atoms with E-state index in [4.69, 9.17) is 0 Å². The van der Waals surface area contributed by atoms with Crippen molar-refractivity contribution in [3.63, 3.8) is 0 Å². The number of carbonyl (C=O) groups is 1. The molecule has 0 radical (unpaired) electrons. The first-order valence-electron chi connectivity index (χ1n) is 7.54. The Morgan fingerprint density at radius 3 is 2.65 bits per heavy atom.